The monoisotopic (exact) mass is 359 g/mol. The van der Waals surface area contributed by atoms with E-state index in [-0.39, 0.29) is 17.2 Å². The van der Waals surface area contributed by atoms with Gasteiger partial charge in [-0.15, -0.1) is 0 Å². The summed E-state index contributed by atoms with van der Waals surface area (Å²) in [6.07, 6.45) is 2.66. The van der Waals surface area contributed by atoms with Gasteiger partial charge in [0.25, 0.3) is 0 Å². The van der Waals surface area contributed by atoms with Gasteiger partial charge in [0.05, 0.1) is 18.6 Å². The fourth-order valence-corrected chi connectivity index (χ4v) is 4.11. The molecule has 26 heavy (non-hydrogen) atoms. The summed E-state index contributed by atoms with van der Waals surface area (Å²) < 4.78 is 5.13. The molecule has 1 spiro atoms. The molecule has 0 saturated carbocycles. The number of nitrogens with zero attached hydrogens (tertiary/aromatic N) is 3. The van der Waals surface area contributed by atoms with Gasteiger partial charge < -0.3 is 19.4 Å². The van der Waals surface area contributed by atoms with E-state index in [0.717, 1.165) is 31.5 Å². The second-order valence-electron chi connectivity index (χ2n) is 7.43. The maximum atomic E-state index is 13.0. The molecule has 2 aliphatic heterocycles. The number of para-hydroxylation sites is 1. The number of hydrogen-bond donors (Lipinski definition) is 0. The zero-order valence-electron chi connectivity index (χ0n) is 15.8. The molecule has 142 valence electrons. The molecular weight excluding hydrogens is 330 g/mol. The van der Waals surface area contributed by atoms with Crippen LogP contribution in [-0.2, 0) is 14.3 Å². The summed E-state index contributed by atoms with van der Waals surface area (Å²) in [6, 6.07) is 9.90. The SMILES string of the molecule is COCCN1CCC[C@@]2(CCN(C(=O)CN(C)c3ccccc3)C2)C1=O. The third kappa shape index (κ3) is 3.85. The number of carbonyl (C=O) groups is 2. The van der Waals surface area contributed by atoms with Crippen LogP contribution >= 0.6 is 0 Å². The summed E-state index contributed by atoms with van der Waals surface area (Å²) in [5.41, 5.74) is 0.640. The van der Waals surface area contributed by atoms with Crippen molar-refractivity contribution < 1.29 is 14.3 Å². The van der Waals surface area contributed by atoms with Crippen LogP contribution in [0.4, 0.5) is 5.69 Å². The Morgan fingerprint density at radius 3 is 2.73 bits per heavy atom. The Bertz CT molecular complexity index is 636. The summed E-state index contributed by atoms with van der Waals surface area (Å²) in [7, 11) is 3.58. The highest BCUT2D eigenvalue weighted by Gasteiger charge is 2.49. The van der Waals surface area contributed by atoms with Crippen molar-refractivity contribution in [2.45, 2.75) is 19.3 Å². The molecule has 2 heterocycles. The van der Waals surface area contributed by atoms with Gasteiger partial charge in [0.15, 0.2) is 0 Å². The van der Waals surface area contributed by atoms with Gasteiger partial charge in [-0.25, -0.2) is 0 Å². The molecule has 2 fully saturated rings. The molecule has 1 atom stereocenters. The normalized spacial score (nSPS) is 22.9. The number of piperidine rings is 1. The molecule has 2 saturated heterocycles. The highest BCUT2D eigenvalue weighted by Crippen LogP contribution is 2.40. The third-order valence-electron chi connectivity index (χ3n) is 5.67. The van der Waals surface area contributed by atoms with Crippen molar-refractivity contribution in [3.63, 3.8) is 0 Å². The molecule has 0 aliphatic carbocycles. The number of likely N-dealkylation sites (N-methyl/N-ethyl adjacent to an activating group) is 1. The number of benzene rings is 1. The molecule has 3 rings (SSSR count). The van der Waals surface area contributed by atoms with E-state index in [1.54, 1.807) is 7.11 Å². The maximum Gasteiger partial charge on any atom is 0.242 e. The first-order valence-electron chi connectivity index (χ1n) is 9.38. The van der Waals surface area contributed by atoms with Gasteiger partial charge in [0, 0.05) is 46.0 Å². The zero-order valence-corrected chi connectivity index (χ0v) is 15.8. The molecule has 1 aromatic carbocycles. The number of methoxy groups -OCH3 is 1. The zero-order chi connectivity index (χ0) is 18.6. The summed E-state index contributed by atoms with van der Waals surface area (Å²) >= 11 is 0. The molecule has 6 nitrogen and oxygen atoms in total. The van der Waals surface area contributed by atoms with Gasteiger partial charge >= 0.3 is 0 Å². The Morgan fingerprint density at radius 2 is 2.00 bits per heavy atom. The van der Waals surface area contributed by atoms with Gasteiger partial charge in [0.1, 0.15) is 0 Å². The lowest BCUT2D eigenvalue weighted by molar-refractivity contribution is -0.146. The van der Waals surface area contributed by atoms with E-state index >= 15 is 0 Å². The fraction of sp³-hybridized carbons (Fsp3) is 0.600. The van der Waals surface area contributed by atoms with E-state index in [0.29, 0.717) is 32.8 Å². The van der Waals surface area contributed by atoms with Crippen LogP contribution in [0.25, 0.3) is 0 Å². The van der Waals surface area contributed by atoms with Crippen LogP contribution in [0.3, 0.4) is 0 Å². The Morgan fingerprint density at radius 1 is 1.23 bits per heavy atom. The van der Waals surface area contributed by atoms with Gasteiger partial charge in [-0.1, -0.05) is 18.2 Å². The lowest BCUT2D eigenvalue weighted by Crippen LogP contribution is -2.51. The molecule has 0 radical (unpaired) electrons. The van der Waals surface area contributed by atoms with E-state index < -0.39 is 0 Å². The Hall–Kier alpha value is -2.08. The van der Waals surface area contributed by atoms with Crippen molar-refractivity contribution in [3.05, 3.63) is 30.3 Å². The van der Waals surface area contributed by atoms with Crippen molar-refractivity contribution in [2.75, 3.05) is 58.4 Å². The summed E-state index contributed by atoms with van der Waals surface area (Å²) in [5.74, 6) is 0.294. The predicted molar refractivity (Wildman–Crippen MR) is 101 cm³/mol. The van der Waals surface area contributed by atoms with Gasteiger partial charge in [0.2, 0.25) is 11.8 Å². The average molecular weight is 359 g/mol. The van der Waals surface area contributed by atoms with Crippen LogP contribution in [0.15, 0.2) is 30.3 Å². The topological polar surface area (TPSA) is 53.1 Å². The minimum Gasteiger partial charge on any atom is -0.383 e. The summed E-state index contributed by atoms with van der Waals surface area (Å²) in [4.78, 5) is 31.5. The van der Waals surface area contributed by atoms with Crippen molar-refractivity contribution in [1.29, 1.82) is 0 Å². The van der Waals surface area contributed by atoms with Gasteiger partial charge in [-0.05, 0) is 31.4 Å². The van der Waals surface area contributed by atoms with Gasteiger partial charge in [-0.2, -0.15) is 0 Å². The van der Waals surface area contributed by atoms with Crippen LogP contribution < -0.4 is 4.90 Å². The summed E-state index contributed by atoms with van der Waals surface area (Å²) in [6.45, 7) is 3.56. The highest BCUT2D eigenvalue weighted by molar-refractivity contribution is 5.87. The van der Waals surface area contributed by atoms with Crippen molar-refractivity contribution in [3.8, 4) is 0 Å². The van der Waals surface area contributed by atoms with E-state index in [1.165, 1.54) is 0 Å². The number of carbonyl (C=O) groups excluding carboxylic acids is 2. The van der Waals surface area contributed by atoms with Crippen LogP contribution in [-0.4, -0.2) is 75.1 Å². The third-order valence-corrected chi connectivity index (χ3v) is 5.67. The first-order valence-corrected chi connectivity index (χ1v) is 9.38. The largest absolute Gasteiger partial charge is 0.383 e. The summed E-state index contributed by atoms with van der Waals surface area (Å²) in [5, 5.41) is 0. The molecule has 0 bridgehead atoms. The Kier molecular flexibility index (Phi) is 5.81. The lowest BCUT2D eigenvalue weighted by Gasteiger charge is -2.39. The molecule has 2 amide bonds. The predicted octanol–water partition coefficient (Wildman–Crippen LogP) is 1.61. The first-order chi connectivity index (χ1) is 12.6. The van der Waals surface area contributed by atoms with Crippen molar-refractivity contribution >= 4 is 17.5 Å². The highest BCUT2D eigenvalue weighted by atomic mass is 16.5. The Balaban J connectivity index is 1.60. The van der Waals surface area contributed by atoms with Crippen LogP contribution in [0, 0.1) is 5.41 Å². The van der Waals surface area contributed by atoms with Gasteiger partial charge in [-0.3, -0.25) is 9.59 Å². The number of ether oxygens (including phenoxy) is 1. The molecule has 2 aliphatic rings. The van der Waals surface area contributed by atoms with E-state index in [4.69, 9.17) is 4.74 Å². The molecule has 0 unspecified atom stereocenters. The number of likely N-dealkylation sites (tertiary alicyclic amines) is 2. The fourth-order valence-electron chi connectivity index (χ4n) is 4.11. The van der Waals surface area contributed by atoms with Crippen LogP contribution in [0.2, 0.25) is 0 Å². The minimum atomic E-state index is -0.382. The van der Waals surface area contributed by atoms with Crippen LogP contribution in [0.5, 0.6) is 0 Å². The van der Waals surface area contributed by atoms with Crippen molar-refractivity contribution in [2.24, 2.45) is 5.41 Å². The second kappa shape index (κ2) is 8.08. The average Bonchev–Trinajstić information content (AvgIpc) is 3.09. The second-order valence-corrected chi connectivity index (χ2v) is 7.43. The van der Waals surface area contributed by atoms with Crippen LogP contribution in [0.1, 0.15) is 19.3 Å². The van der Waals surface area contributed by atoms with E-state index in [1.807, 2.05) is 52.1 Å². The quantitative estimate of drug-likeness (QED) is 0.774. The maximum absolute atomic E-state index is 13.0. The molecule has 0 aromatic heterocycles. The molecule has 1 aromatic rings. The number of amides is 2. The molecule has 0 N–H and O–H groups in total. The van der Waals surface area contributed by atoms with E-state index in [9.17, 15) is 9.59 Å². The molecular formula is C20H29N3O3. The van der Waals surface area contributed by atoms with Crippen molar-refractivity contribution in [1.82, 2.24) is 9.80 Å². The standard InChI is InChI=1S/C20H29N3O3/c1-21(17-7-4-3-5-8-17)15-18(24)23-12-10-20(16-23)9-6-11-22(19(20)25)13-14-26-2/h3-5,7-8H,6,9-16H2,1-2H3/t20-/m0/s1. The Labute approximate surface area is 155 Å². The first kappa shape index (κ1) is 18.7. The lowest BCUT2D eigenvalue weighted by atomic mass is 9.78. The minimum absolute atomic E-state index is 0.0926. The number of hydrogen-bond acceptors (Lipinski definition) is 4. The molecule has 6 heteroatoms. The smallest absolute Gasteiger partial charge is 0.242 e. The van der Waals surface area contributed by atoms with E-state index in [2.05, 4.69) is 0 Å². The number of anilines is 1. The number of rotatable bonds is 6.